The molecule has 1 saturated carbocycles. The highest BCUT2D eigenvalue weighted by Crippen LogP contribution is 2.39. The molecule has 3 heteroatoms. The number of ether oxygens (including phenoxy) is 1. The van der Waals surface area contributed by atoms with E-state index in [1.54, 1.807) is 6.07 Å². The molecule has 0 aromatic heterocycles. The topological polar surface area (TPSA) is 12.5 Å². The second-order valence-electron chi connectivity index (χ2n) is 5.58. The molecule has 0 radical (unpaired) electrons. The molecule has 1 nitrogen and oxygen atoms in total. The van der Waals surface area contributed by atoms with Gasteiger partial charge in [-0.2, -0.15) is 0 Å². The van der Waals surface area contributed by atoms with Crippen molar-refractivity contribution >= 4 is 0 Å². The van der Waals surface area contributed by atoms with E-state index in [9.17, 15) is 8.78 Å². The number of rotatable bonds is 3. The zero-order valence-corrected chi connectivity index (χ0v) is 10.4. The van der Waals surface area contributed by atoms with E-state index in [0.717, 1.165) is 30.9 Å². The molecule has 0 N–H and O–H groups in total. The Morgan fingerprint density at radius 1 is 1.06 bits per heavy atom. The highest BCUT2D eigenvalue weighted by molar-refractivity contribution is 5.22. The minimum absolute atomic E-state index is 0.400. The molecule has 1 heterocycles. The summed E-state index contributed by atoms with van der Waals surface area (Å²) in [5.74, 6) is -0.310. The SMILES string of the molecule is Fc1ccc(C2CCC(CC3CO3)CC2)cc1F. The Hall–Kier alpha value is -0.960. The summed E-state index contributed by atoms with van der Waals surface area (Å²) in [5, 5.41) is 0. The summed E-state index contributed by atoms with van der Waals surface area (Å²) in [6.07, 6.45) is 6.23. The molecular weight excluding hydrogens is 234 g/mol. The second-order valence-corrected chi connectivity index (χ2v) is 5.58. The number of hydrogen-bond acceptors (Lipinski definition) is 1. The molecule has 0 spiro atoms. The van der Waals surface area contributed by atoms with Crippen molar-refractivity contribution in [2.45, 2.75) is 44.1 Å². The zero-order valence-electron chi connectivity index (χ0n) is 10.4. The van der Waals surface area contributed by atoms with Crippen molar-refractivity contribution in [1.29, 1.82) is 0 Å². The van der Waals surface area contributed by atoms with Crippen LogP contribution < -0.4 is 0 Å². The van der Waals surface area contributed by atoms with Crippen molar-refractivity contribution in [3.8, 4) is 0 Å². The lowest BCUT2D eigenvalue weighted by atomic mass is 9.77. The zero-order chi connectivity index (χ0) is 12.5. The lowest BCUT2D eigenvalue weighted by molar-refractivity contribution is 0.275. The average Bonchev–Trinajstić information content (AvgIpc) is 3.18. The Balaban J connectivity index is 1.59. The highest BCUT2D eigenvalue weighted by atomic mass is 19.2. The normalized spacial score (nSPS) is 31.3. The summed E-state index contributed by atoms with van der Waals surface area (Å²) < 4.78 is 31.3. The van der Waals surface area contributed by atoms with Crippen LogP contribution in [0.1, 0.15) is 43.6 Å². The van der Waals surface area contributed by atoms with Crippen LogP contribution in [0.25, 0.3) is 0 Å². The molecule has 2 fully saturated rings. The first-order chi connectivity index (χ1) is 8.72. The van der Waals surface area contributed by atoms with Gasteiger partial charge in [0, 0.05) is 0 Å². The summed E-state index contributed by atoms with van der Waals surface area (Å²) in [6, 6.07) is 4.34. The fourth-order valence-corrected chi connectivity index (χ4v) is 3.07. The third-order valence-electron chi connectivity index (χ3n) is 4.26. The van der Waals surface area contributed by atoms with Crippen LogP contribution in [0.15, 0.2) is 18.2 Å². The van der Waals surface area contributed by atoms with Crippen molar-refractivity contribution in [1.82, 2.24) is 0 Å². The van der Waals surface area contributed by atoms with Gasteiger partial charge in [0.1, 0.15) is 0 Å². The van der Waals surface area contributed by atoms with Gasteiger partial charge in [-0.1, -0.05) is 6.07 Å². The minimum atomic E-state index is -0.752. The third-order valence-corrected chi connectivity index (χ3v) is 4.26. The van der Waals surface area contributed by atoms with Crippen molar-refractivity contribution in [3.63, 3.8) is 0 Å². The lowest BCUT2D eigenvalue weighted by Gasteiger charge is -2.28. The first-order valence-corrected chi connectivity index (χ1v) is 6.79. The predicted octanol–water partition coefficient (Wildman–Crippen LogP) is 4.03. The van der Waals surface area contributed by atoms with E-state index >= 15 is 0 Å². The summed E-state index contributed by atoms with van der Waals surface area (Å²) in [4.78, 5) is 0. The van der Waals surface area contributed by atoms with Crippen LogP contribution in [0, 0.1) is 17.6 Å². The van der Waals surface area contributed by atoms with Gasteiger partial charge in [0.05, 0.1) is 12.7 Å². The molecule has 18 heavy (non-hydrogen) atoms. The molecule has 1 saturated heterocycles. The molecule has 0 bridgehead atoms. The van der Waals surface area contributed by atoms with Gasteiger partial charge in [-0.15, -0.1) is 0 Å². The average molecular weight is 252 g/mol. The molecular formula is C15H18F2O. The number of hydrogen-bond donors (Lipinski definition) is 0. The van der Waals surface area contributed by atoms with Crippen molar-refractivity contribution in [3.05, 3.63) is 35.4 Å². The minimum Gasteiger partial charge on any atom is -0.373 e. The van der Waals surface area contributed by atoms with Gasteiger partial charge >= 0.3 is 0 Å². The van der Waals surface area contributed by atoms with Crippen LogP contribution in [-0.2, 0) is 4.74 Å². The molecule has 1 unspecified atom stereocenters. The van der Waals surface area contributed by atoms with Crippen molar-refractivity contribution in [2.75, 3.05) is 6.61 Å². The number of benzene rings is 1. The lowest BCUT2D eigenvalue weighted by Crippen LogP contribution is -2.15. The van der Waals surface area contributed by atoms with Gasteiger partial charge in [-0.25, -0.2) is 8.78 Å². The van der Waals surface area contributed by atoms with E-state index in [-0.39, 0.29) is 0 Å². The van der Waals surface area contributed by atoms with E-state index < -0.39 is 11.6 Å². The Bertz CT molecular complexity index is 421. The molecule has 2 aliphatic rings. The predicted molar refractivity (Wildman–Crippen MR) is 65.4 cm³/mol. The molecule has 3 rings (SSSR count). The fraction of sp³-hybridized carbons (Fsp3) is 0.600. The van der Waals surface area contributed by atoms with Gasteiger partial charge in [0.2, 0.25) is 0 Å². The largest absolute Gasteiger partial charge is 0.373 e. The number of epoxide rings is 1. The van der Waals surface area contributed by atoms with Crippen LogP contribution in [0.3, 0.4) is 0 Å². The van der Waals surface area contributed by atoms with Gasteiger partial charge in [-0.3, -0.25) is 0 Å². The monoisotopic (exact) mass is 252 g/mol. The number of halogens is 2. The summed E-state index contributed by atoms with van der Waals surface area (Å²) in [5.41, 5.74) is 0.954. The van der Waals surface area contributed by atoms with Gasteiger partial charge in [-0.05, 0) is 61.6 Å². The first-order valence-electron chi connectivity index (χ1n) is 6.79. The van der Waals surface area contributed by atoms with Crippen LogP contribution >= 0.6 is 0 Å². The molecule has 1 aromatic rings. The van der Waals surface area contributed by atoms with Crippen LogP contribution in [0.4, 0.5) is 8.78 Å². The van der Waals surface area contributed by atoms with E-state index in [0.29, 0.717) is 12.0 Å². The molecule has 1 aromatic carbocycles. The smallest absolute Gasteiger partial charge is 0.159 e. The first kappa shape index (κ1) is 12.1. The van der Waals surface area contributed by atoms with Crippen molar-refractivity contribution in [2.24, 2.45) is 5.92 Å². The highest BCUT2D eigenvalue weighted by Gasteiger charge is 2.30. The van der Waals surface area contributed by atoms with E-state index in [1.807, 2.05) is 0 Å². The molecule has 1 aliphatic carbocycles. The maximum atomic E-state index is 13.2. The van der Waals surface area contributed by atoms with Gasteiger partial charge in [0.15, 0.2) is 11.6 Å². The summed E-state index contributed by atoms with van der Waals surface area (Å²) >= 11 is 0. The maximum Gasteiger partial charge on any atom is 0.159 e. The quantitative estimate of drug-likeness (QED) is 0.740. The summed E-state index contributed by atoms with van der Waals surface area (Å²) in [7, 11) is 0. The summed E-state index contributed by atoms with van der Waals surface area (Å²) in [6.45, 7) is 0.934. The van der Waals surface area contributed by atoms with Crippen LogP contribution in [0.2, 0.25) is 0 Å². The van der Waals surface area contributed by atoms with E-state index in [1.165, 1.54) is 31.4 Å². The third kappa shape index (κ3) is 2.72. The standard InChI is InChI=1S/C15H18F2O/c16-14-6-5-12(8-15(14)17)11-3-1-10(2-4-11)7-13-9-18-13/h5-6,8,10-11,13H,1-4,7,9H2. The maximum absolute atomic E-state index is 13.2. The molecule has 1 atom stereocenters. The van der Waals surface area contributed by atoms with Gasteiger partial charge < -0.3 is 4.74 Å². The fourth-order valence-electron chi connectivity index (χ4n) is 3.07. The Morgan fingerprint density at radius 2 is 1.78 bits per heavy atom. The second kappa shape index (κ2) is 4.96. The Morgan fingerprint density at radius 3 is 2.39 bits per heavy atom. The molecule has 98 valence electrons. The molecule has 1 aliphatic heterocycles. The van der Waals surface area contributed by atoms with Crippen molar-refractivity contribution < 1.29 is 13.5 Å². The van der Waals surface area contributed by atoms with Crippen LogP contribution in [-0.4, -0.2) is 12.7 Å². The Kier molecular flexibility index (Phi) is 3.33. The van der Waals surface area contributed by atoms with E-state index in [2.05, 4.69) is 0 Å². The van der Waals surface area contributed by atoms with E-state index in [4.69, 9.17) is 4.74 Å². The van der Waals surface area contributed by atoms with Crippen LogP contribution in [0.5, 0.6) is 0 Å². The Labute approximate surface area is 106 Å². The van der Waals surface area contributed by atoms with Gasteiger partial charge in [0.25, 0.3) is 0 Å². The molecule has 0 amide bonds.